The van der Waals surface area contributed by atoms with Gasteiger partial charge in [0.1, 0.15) is 0 Å². The van der Waals surface area contributed by atoms with Gasteiger partial charge < -0.3 is 30.9 Å². The highest BCUT2D eigenvalue weighted by Gasteiger charge is 2.17. The van der Waals surface area contributed by atoms with Gasteiger partial charge in [0.05, 0.1) is 42.1 Å². The molecule has 0 unspecified atom stereocenters. The van der Waals surface area contributed by atoms with Crippen LogP contribution >= 0.6 is 0 Å². The van der Waals surface area contributed by atoms with E-state index in [0.29, 0.717) is 46.0 Å². The maximum absolute atomic E-state index is 12.3. The Bertz CT molecular complexity index is 1490. The highest BCUT2D eigenvalue weighted by molar-refractivity contribution is 6.08. The van der Waals surface area contributed by atoms with Gasteiger partial charge in [-0.25, -0.2) is 9.78 Å². The summed E-state index contributed by atoms with van der Waals surface area (Å²) in [5.41, 5.74) is 9.34. The molecule has 0 saturated carbocycles. The van der Waals surface area contributed by atoms with E-state index in [0.717, 1.165) is 12.0 Å². The Hall–Kier alpha value is -4.93. The summed E-state index contributed by atoms with van der Waals surface area (Å²) in [5, 5.41) is 16.6. The molecule has 37 heavy (non-hydrogen) atoms. The van der Waals surface area contributed by atoms with E-state index in [9.17, 15) is 14.7 Å². The Morgan fingerprint density at radius 3 is 2.49 bits per heavy atom. The SMILES string of the molecule is CCCNc1cc(Nc2c(C(N)=O)cnc3cc(-c4cnc(OC)nc4OC)ccc23)cc(C(=O)O)c1. The van der Waals surface area contributed by atoms with Crippen LogP contribution in [0, 0.1) is 0 Å². The summed E-state index contributed by atoms with van der Waals surface area (Å²) in [5.74, 6) is -1.42. The number of amides is 1. The number of carboxylic acid groups (broad SMARTS) is 1. The number of methoxy groups -OCH3 is 2. The van der Waals surface area contributed by atoms with E-state index in [2.05, 4.69) is 25.6 Å². The van der Waals surface area contributed by atoms with Gasteiger partial charge in [-0.3, -0.25) is 9.78 Å². The number of carbonyl (C=O) groups is 2. The number of carboxylic acids is 1. The van der Waals surface area contributed by atoms with Crippen molar-refractivity contribution in [3.05, 3.63) is 59.9 Å². The van der Waals surface area contributed by atoms with Gasteiger partial charge in [-0.05, 0) is 36.2 Å². The highest BCUT2D eigenvalue weighted by atomic mass is 16.5. The number of primary amides is 1. The third kappa shape index (κ3) is 5.35. The van der Waals surface area contributed by atoms with Gasteiger partial charge in [0, 0.05) is 35.7 Å². The minimum atomic E-state index is -1.07. The molecule has 0 spiro atoms. The largest absolute Gasteiger partial charge is 0.480 e. The minimum Gasteiger partial charge on any atom is -0.480 e. The van der Waals surface area contributed by atoms with E-state index < -0.39 is 11.9 Å². The number of fused-ring (bicyclic) bond motifs is 1. The molecule has 0 aliphatic carbocycles. The average Bonchev–Trinajstić information content (AvgIpc) is 2.91. The molecule has 4 aromatic rings. The average molecular weight is 503 g/mol. The number of hydrogen-bond donors (Lipinski definition) is 4. The van der Waals surface area contributed by atoms with Gasteiger partial charge in [-0.2, -0.15) is 4.98 Å². The topological polar surface area (TPSA) is 162 Å². The Kier molecular flexibility index (Phi) is 7.33. The van der Waals surface area contributed by atoms with Gasteiger partial charge in [-0.1, -0.05) is 19.1 Å². The van der Waals surface area contributed by atoms with E-state index in [1.165, 1.54) is 26.5 Å². The zero-order valence-corrected chi connectivity index (χ0v) is 20.5. The first-order chi connectivity index (χ1) is 17.8. The van der Waals surface area contributed by atoms with Crippen molar-refractivity contribution in [1.82, 2.24) is 15.0 Å². The lowest BCUT2D eigenvalue weighted by Crippen LogP contribution is -2.14. The standard InChI is InChI=1S/C26H26N6O5/c1-4-7-28-16-8-15(25(34)35)9-17(11-16)31-22-18-6-5-14(10-21(18)29-13-20(22)23(27)33)19-12-30-26(37-3)32-24(19)36-2/h5-6,8-13,28H,4,7H2,1-3H3,(H2,27,33)(H,29,31)(H,34,35). The number of benzene rings is 2. The predicted molar refractivity (Wildman–Crippen MR) is 140 cm³/mol. The number of nitrogens with two attached hydrogens (primary N) is 1. The number of anilines is 3. The Labute approximate surface area is 212 Å². The molecular weight excluding hydrogens is 476 g/mol. The first kappa shape index (κ1) is 25.2. The monoisotopic (exact) mass is 502 g/mol. The fourth-order valence-corrected chi connectivity index (χ4v) is 3.82. The van der Waals surface area contributed by atoms with Gasteiger partial charge in [0.15, 0.2) is 0 Å². The molecular formula is C26H26N6O5. The first-order valence-corrected chi connectivity index (χ1v) is 11.4. The van der Waals surface area contributed by atoms with Gasteiger partial charge in [0.2, 0.25) is 5.88 Å². The van der Waals surface area contributed by atoms with Crippen molar-refractivity contribution in [1.29, 1.82) is 0 Å². The smallest absolute Gasteiger partial charge is 0.335 e. The van der Waals surface area contributed by atoms with Gasteiger partial charge in [0.25, 0.3) is 5.91 Å². The third-order valence-corrected chi connectivity index (χ3v) is 5.58. The number of ether oxygens (including phenoxy) is 2. The van der Waals surface area contributed by atoms with Crippen LogP contribution in [0.5, 0.6) is 11.9 Å². The number of pyridine rings is 1. The van der Waals surface area contributed by atoms with E-state index in [4.69, 9.17) is 15.2 Å². The summed E-state index contributed by atoms with van der Waals surface area (Å²) < 4.78 is 10.5. The van der Waals surface area contributed by atoms with Crippen LogP contribution in [0.3, 0.4) is 0 Å². The Morgan fingerprint density at radius 1 is 1.03 bits per heavy atom. The van der Waals surface area contributed by atoms with Crippen LogP contribution in [0.15, 0.2) is 48.8 Å². The second-order valence-corrected chi connectivity index (χ2v) is 8.08. The molecule has 2 heterocycles. The van der Waals surface area contributed by atoms with Crippen molar-refractivity contribution in [3.8, 4) is 23.0 Å². The van der Waals surface area contributed by atoms with Crippen molar-refractivity contribution >= 4 is 39.8 Å². The molecule has 2 aromatic carbocycles. The summed E-state index contributed by atoms with van der Waals surface area (Å²) in [7, 11) is 2.97. The maximum Gasteiger partial charge on any atom is 0.335 e. The number of rotatable bonds is 10. The predicted octanol–water partition coefficient (Wildman–Crippen LogP) is 4.07. The second kappa shape index (κ2) is 10.8. The third-order valence-electron chi connectivity index (χ3n) is 5.58. The molecule has 11 nitrogen and oxygen atoms in total. The molecule has 4 rings (SSSR count). The molecule has 11 heteroatoms. The first-order valence-electron chi connectivity index (χ1n) is 11.4. The Balaban J connectivity index is 1.82. The zero-order chi connectivity index (χ0) is 26.5. The summed E-state index contributed by atoms with van der Waals surface area (Å²) in [6.45, 7) is 2.69. The summed E-state index contributed by atoms with van der Waals surface area (Å²) in [6, 6.07) is 10.4. The molecule has 0 atom stereocenters. The maximum atomic E-state index is 12.3. The summed E-state index contributed by atoms with van der Waals surface area (Å²) in [6.07, 6.45) is 3.84. The molecule has 190 valence electrons. The fraction of sp³-hybridized carbons (Fsp3) is 0.192. The number of nitrogens with one attached hydrogen (secondary N) is 2. The second-order valence-electron chi connectivity index (χ2n) is 8.08. The van der Waals surface area contributed by atoms with E-state index in [1.807, 2.05) is 13.0 Å². The van der Waals surface area contributed by atoms with Crippen molar-refractivity contribution in [2.45, 2.75) is 13.3 Å². The summed E-state index contributed by atoms with van der Waals surface area (Å²) in [4.78, 5) is 36.8. The molecule has 0 aliphatic rings. The van der Waals surface area contributed by atoms with Gasteiger partial charge in [-0.15, -0.1) is 0 Å². The van der Waals surface area contributed by atoms with Crippen molar-refractivity contribution in [2.24, 2.45) is 5.73 Å². The molecule has 0 fully saturated rings. The normalized spacial score (nSPS) is 10.7. The van der Waals surface area contributed by atoms with Crippen molar-refractivity contribution < 1.29 is 24.2 Å². The van der Waals surface area contributed by atoms with Crippen LogP contribution in [0.2, 0.25) is 0 Å². The van der Waals surface area contributed by atoms with Crippen LogP contribution < -0.4 is 25.8 Å². The van der Waals surface area contributed by atoms with Crippen molar-refractivity contribution in [2.75, 3.05) is 31.4 Å². The molecule has 2 aromatic heterocycles. The van der Waals surface area contributed by atoms with E-state index in [-0.39, 0.29) is 17.1 Å². The minimum absolute atomic E-state index is 0.0940. The van der Waals surface area contributed by atoms with Gasteiger partial charge >= 0.3 is 12.0 Å². The number of carbonyl (C=O) groups excluding carboxylic acids is 1. The van der Waals surface area contributed by atoms with Crippen LogP contribution in [0.4, 0.5) is 17.1 Å². The molecule has 0 saturated heterocycles. The number of nitrogens with zero attached hydrogens (tertiary/aromatic N) is 3. The number of aromatic carboxylic acids is 1. The molecule has 0 bridgehead atoms. The van der Waals surface area contributed by atoms with Crippen LogP contribution in [0.1, 0.15) is 34.1 Å². The molecule has 5 N–H and O–H groups in total. The van der Waals surface area contributed by atoms with E-state index in [1.54, 1.807) is 30.5 Å². The molecule has 0 aliphatic heterocycles. The van der Waals surface area contributed by atoms with Crippen molar-refractivity contribution in [3.63, 3.8) is 0 Å². The lowest BCUT2D eigenvalue weighted by Gasteiger charge is -2.16. The highest BCUT2D eigenvalue weighted by Crippen LogP contribution is 2.35. The van der Waals surface area contributed by atoms with E-state index >= 15 is 0 Å². The van der Waals surface area contributed by atoms with Crippen LogP contribution in [-0.2, 0) is 0 Å². The van der Waals surface area contributed by atoms with Crippen LogP contribution in [0.25, 0.3) is 22.0 Å². The Morgan fingerprint density at radius 2 is 1.81 bits per heavy atom. The number of hydrogen-bond acceptors (Lipinski definition) is 9. The zero-order valence-electron chi connectivity index (χ0n) is 20.5. The van der Waals surface area contributed by atoms with Crippen LogP contribution in [-0.4, -0.2) is 52.7 Å². The number of aromatic nitrogens is 3. The summed E-state index contributed by atoms with van der Waals surface area (Å²) >= 11 is 0. The lowest BCUT2D eigenvalue weighted by atomic mass is 10.0. The molecule has 1 amide bonds. The quantitative estimate of drug-likeness (QED) is 0.249. The molecule has 0 radical (unpaired) electrons. The fourth-order valence-electron chi connectivity index (χ4n) is 3.82. The lowest BCUT2D eigenvalue weighted by molar-refractivity contribution is 0.0696.